The summed E-state index contributed by atoms with van der Waals surface area (Å²) in [7, 11) is 1.83. The molecule has 0 aromatic heterocycles. The summed E-state index contributed by atoms with van der Waals surface area (Å²) in [5.41, 5.74) is 0. The van der Waals surface area contributed by atoms with Crippen molar-refractivity contribution in [1.29, 1.82) is 0 Å². The molecule has 0 saturated carbocycles. The van der Waals surface area contributed by atoms with Gasteiger partial charge in [0.25, 0.3) is 0 Å². The minimum absolute atomic E-state index is 0.289. The minimum atomic E-state index is 0.289. The van der Waals surface area contributed by atoms with Crippen LogP contribution < -0.4 is 10.6 Å². The fourth-order valence-corrected chi connectivity index (χ4v) is 2.81. The average Bonchev–Trinajstić information content (AvgIpc) is 2.44. The number of ether oxygens (including phenoxy) is 1. The van der Waals surface area contributed by atoms with Gasteiger partial charge in [-0.25, -0.2) is 0 Å². The quantitative estimate of drug-likeness (QED) is 0.600. The van der Waals surface area contributed by atoms with Crippen LogP contribution in [0.3, 0.4) is 0 Å². The van der Waals surface area contributed by atoms with Crippen LogP contribution in [0.15, 0.2) is 4.99 Å². The fourth-order valence-electron chi connectivity index (χ4n) is 2.02. The van der Waals surface area contributed by atoms with Crippen molar-refractivity contribution < 1.29 is 4.74 Å². The van der Waals surface area contributed by atoms with Gasteiger partial charge in [-0.1, -0.05) is 13.8 Å². The van der Waals surface area contributed by atoms with Gasteiger partial charge in [-0.15, -0.1) is 0 Å². The van der Waals surface area contributed by atoms with E-state index in [0.717, 1.165) is 38.6 Å². The van der Waals surface area contributed by atoms with Gasteiger partial charge in [0.2, 0.25) is 0 Å². The lowest BCUT2D eigenvalue weighted by atomic mass is 9.99. The van der Waals surface area contributed by atoms with E-state index in [-0.39, 0.29) is 4.75 Å². The summed E-state index contributed by atoms with van der Waals surface area (Å²) in [6.07, 6.45) is 4.41. The lowest BCUT2D eigenvalue weighted by molar-refractivity contribution is 0.0782. The SMILES string of the molecule is CN=C(NCC1(SC)CCOCC1)NC(C)C(C)C. The molecular formula is C14H29N3OS. The van der Waals surface area contributed by atoms with E-state index in [1.54, 1.807) is 0 Å². The standard InChI is InChI=1S/C14H29N3OS/c1-11(2)12(3)17-13(15-4)16-10-14(19-5)6-8-18-9-7-14/h11-12H,6-10H2,1-5H3,(H2,15,16,17). The summed E-state index contributed by atoms with van der Waals surface area (Å²) in [4.78, 5) is 4.31. The van der Waals surface area contributed by atoms with Gasteiger partial charge in [0.05, 0.1) is 0 Å². The van der Waals surface area contributed by atoms with Crippen molar-refractivity contribution in [3.8, 4) is 0 Å². The van der Waals surface area contributed by atoms with Crippen LogP contribution in [0.5, 0.6) is 0 Å². The molecule has 112 valence electrons. The second-order valence-corrected chi connectivity index (χ2v) is 6.88. The lowest BCUT2D eigenvalue weighted by Crippen LogP contribution is -2.50. The van der Waals surface area contributed by atoms with Crippen molar-refractivity contribution in [3.05, 3.63) is 0 Å². The molecule has 19 heavy (non-hydrogen) atoms. The zero-order valence-corrected chi connectivity index (χ0v) is 13.8. The molecule has 2 N–H and O–H groups in total. The molecule has 0 aromatic carbocycles. The zero-order valence-electron chi connectivity index (χ0n) is 13.0. The van der Waals surface area contributed by atoms with Crippen LogP contribution in [-0.4, -0.2) is 49.8 Å². The summed E-state index contributed by atoms with van der Waals surface area (Å²) < 4.78 is 5.76. The monoisotopic (exact) mass is 287 g/mol. The van der Waals surface area contributed by atoms with Gasteiger partial charge in [-0.2, -0.15) is 11.8 Å². The van der Waals surface area contributed by atoms with Gasteiger partial charge in [-0.3, -0.25) is 4.99 Å². The van der Waals surface area contributed by atoms with Crippen LogP contribution in [0, 0.1) is 5.92 Å². The van der Waals surface area contributed by atoms with E-state index >= 15 is 0 Å². The second-order valence-electron chi connectivity index (χ2n) is 5.60. The first-order valence-corrected chi connectivity index (χ1v) is 8.35. The highest BCUT2D eigenvalue weighted by Crippen LogP contribution is 2.32. The van der Waals surface area contributed by atoms with E-state index in [4.69, 9.17) is 4.74 Å². The summed E-state index contributed by atoms with van der Waals surface area (Å²) in [5, 5.41) is 6.92. The fraction of sp³-hybridized carbons (Fsp3) is 0.929. The molecule has 1 rings (SSSR count). The number of hydrogen-bond acceptors (Lipinski definition) is 3. The Labute approximate surface area is 122 Å². The summed E-state index contributed by atoms with van der Waals surface area (Å²) in [5.74, 6) is 1.50. The Morgan fingerprint density at radius 2 is 1.95 bits per heavy atom. The van der Waals surface area contributed by atoms with Gasteiger partial charge in [0, 0.05) is 37.6 Å². The third-order valence-electron chi connectivity index (χ3n) is 4.00. The van der Waals surface area contributed by atoms with Crippen molar-refractivity contribution in [2.24, 2.45) is 10.9 Å². The molecule has 0 bridgehead atoms. The van der Waals surface area contributed by atoms with E-state index in [2.05, 4.69) is 42.7 Å². The van der Waals surface area contributed by atoms with E-state index in [1.807, 2.05) is 18.8 Å². The first-order chi connectivity index (χ1) is 9.03. The molecule has 1 heterocycles. The van der Waals surface area contributed by atoms with E-state index < -0.39 is 0 Å². The zero-order chi connectivity index (χ0) is 14.3. The number of rotatable bonds is 5. The molecule has 1 fully saturated rings. The molecule has 1 aliphatic rings. The smallest absolute Gasteiger partial charge is 0.191 e. The van der Waals surface area contributed by atoms with Crippen LogP contribution in [0.25, 0.3) is 0 Å². The molecule has 1 aliphatic heterocycles. The first-order valence-electron chi connectivity index (χ1n) is 7.13. The third kappa shape index (κ3) is 5.22. The Balaban J connectivity index is 2.47. The van der Waals surface area contributed by atoms with Crippen molar-refractivity contribution in [2.75, 3.05) is 33.1 Å². The Morgan fingerprint density at radius 3 is 2.42 bits per heavy atom. The Morgan fingerprint density at radius 1 is 1.32 bits per heavy atom. The van der Waals surface area contributed by atoms with Gasteiger partial charge >= 0.3 is 0 Å². The predicted octanol–water partition coefficient (Wildman–Crippen LogP) is 2.11. The van der Waals surface area contributed by atoms with Gasteiger partial charge in [-0.05, 0) is 31.9 Å². The van der Waals surface area contributed by atoms with Crippen LogP contribution >= 0.6 is 11.8 Å². The highest BCUT2D eigenvalue weighted by atomic mass is 32.2. The highest BCUT2D eigenvalue weighted by Gasteiger charge is 2.31. The van der Waals surface area contributed by atoms with Gasteiger partial charge in [0.1, 0.15) is 0 Å². The second kappa shape index (κ2) is 8.00. The topological polar surface area (TPSA) is 45.7 Å². The maximum absolute atomic E-state index is 5.47. The van der Waals surface area contributed by atoms with Crippen molar-refractivity contribution in [3.63, 3.8) is 0 Å². The molecule has 5 heteroatoms. The largest absolute Gasteiger partial charge is 0.381 e. The van der Waals surface area contributed by atoms with Crippen LogP contribution in [0.1, 0.15) is 33.6 Å². The number of nitrogens with one attached hydrogen (secondary N) is 2. The average molecular weight is 287 g/mol. The normalized spacial score (nSPS) is 21.3. The molecule has 1 atom stereocenters. The van der Waals surface area contributed by atoms with Gasteiger partial charge < -0.3 is 15.4 Å². The maximum Gasteiger partial charge on any atom is 0.191 e. The molecule has 0 amide bonds. The first kappa shape index (κ1) is 16.6. The highest BCUT2D eigenvalue weighted by molar-refractivity contribution is 8.00. The summed E-state index contributed by atoms with van der Waals surface area (Å²) >= 11 is 1.95. The number of hydrogen-bond donors (Lipinski definition) is 2. The molecule has 0 radical (unpaired) electrons. The molecule has 0 aromatic rings. The van der Waals surface area contributed by atoms with Crippen LogP contribution in [-0.2, 0) is 4.74 Å². The summed E-state index contributed by atoms with van der Waals surface area (Å²) in [6, 6.07) is 0.422. The van der Waals surface area contributed by atoms with E-state index in [1.165, 1.54) is 0 Å². The van der Waals surface area contributed by atoms with Crippen LogP contribution in [0.2, 0.25) is 0 Å². The Hall–Kier alpha value is -0.420. The predicted molar refractivity (Wildman–Crippen MR) is 85.1 cm³/mol. The van der Waals surface area contributed by atoms with E-state index in [0.29, 0.717) is 12.0 Å². The third-order valence-corrected chi connectivity index (χ3v) is 5.42. The number of thioether (sulfide) groups is 1. The lowest BCUT2D eigenvalue weighted by Gasteiger charge is -2.36. The van der Waals surface area contributed by atoms with Crippen LogP contribution in [0.4, 0.5) is 0 Å². The minimum Gasteiger partial charge on any atom is -0.381 e. The molecule has 0 spiro atoms. The number of nitrogens with zero attached hydrogens (tertiary/aromatic N) is 1. The molecule has 1 unspecified atom stereocenters. The molecular weight excluding hydrogens is 258 g/mol. The molecule has 4 nitrogen and oxygen atoms in total. The molecule has 0 aliphatic carbocycles. The maximum atomic E-state index is 5.47. The van der Waals surface area contributed by atoms with Crippen molar-refractivity contribution in [1.82, 2.24) is 10.6 Å². The number of guanidine groups is 1. The Bertz CT molecular complexity index is 288. The summed E-state index contributed by atoms with van der Waals surface area (Å²) in [6.45, 7) is 9.31. The van der Waals surface area contributed by atoms with Crippen molar-refractivity contribution >= 4 is 17.7 Å². The van der Waals surface area contributed by atoms with Gasteiger partial charge in [0.15, 0.2) is 5.96 Å². The number of aliphatic imine (C=N–C) groups is 1. The molecule has 1 saturated heterocycles. The van der Waals surface area contributed by atoms with E-state index in [9.17, 15) is 0 Å². The Kier molecular flexibility index (Phi) is 7.00. The van der Waals surface area contributed by atoms with Crippen molar-refractivity contribution in [2.45, 2.75) is 44.4 Å².